The highest BCUT2D eigenvalue weighted by Gasteiger charge is 2.20. The van der Waals surface area contributed by atoms with Crippen molar-refractivity contribution in [2.45, 2.75) is 58.0 Å². The van der Waals surface area contributed by atoms with E-state index in [4.69, 9.17) is 14.6 Å². The zero-order chi connectivity index (χ0) is 27.0. The molecule has 0 aliphatic carbocycles. The average molecular weight is 514 g/mol. The first-order valence-electron chi connectivity index (χ1n) is 12.9. The van der Waals surface area contributed by atoms with Gasteiger partial charge in [0.1, 0.15) is 11.9 Å². The summed E-state index contributed by atoms with van der Waals surface area (Å²) in [7, 11) is 3.14. The molecule has 0 fully saturated rings. The van der Waals surface area contributed by atoms with Crippen LogP contribution in [0.15, 0.2) is 66.4 Å². The molecule has 2 N–H and O–H groups in total. The summed E-state index contributed by atoms with van der Waals surface area (Å²) in [5.74, 6) is 0.249. The van der Waals surface area contributed by atoms with E-state index in [0.717, 1.165) is 36.9 Å². The Morgan fingerprint density at radius 2 is 1.78 bits per heavy atom. The lowest BCUT2D eigenvalue weighted by Crippen LogP contribution is -2.23. The maximum absolute atomic E-state index is 13.0. The first-order chi connectivity index (χ1) is 17.9. The van der Waals surface area contributed by atoms with E-state index in [0.29, 0.717) is 30.0 Å². The number of hydrogen-bond donors (Lipinski definition) is 2. The van der Waals surface area contributed by atoms with Crippen molar-refractivity contribution in [1.82, 2.24) is 4.90 Å². The Balaban J connectivity index is 0.000000410. The second-order valence-electron chi connectivity index (χ2n) is 8.93. The number of rotatable bonds is 13. The van der Waals surface area contributed by atoms with Gasteiger partial charge in [0.05, 0.1) is 14.2 Å². The van der Waals surface area contributed by atoms with Crippen molar-refractivity contribution in [1.29, 1.82) is 0 Å². The van der Waals surface area contributed by atoms with Gasteiger partial charge in [-0.2, -0.15) is 0 Å². The van der Waals surface area contributed by atoms with Gasteiger partial charge in [0, 0.05) is 25.1 Å². The monoisotopic (exact) mass is 513 g/mol. The van der Waals surface area contributed by atoms with Crippen molar-refractivity contribution in [2.24, 2.45) is 0 Å². The maximum atomic E-state index is 13.0. The number of unbranched alkanes of at least 4 members (excludes halogenated alkanes) is 4. The highest BCUT2D eigenvalue weighted by Crippen LogP contribution is 2.37. The van der Waals surface area contributed by atoms with Crippen molar-refractivity contribution in [2.75, 3.05) is 27.3 Å². The molecule has 0 bridgehead atoms. The summed E-state index contributed by atoms with van der Waals surface area (Å²) in [6.45, 7) is 3.68. The molecule has 37 heavy (non-hydrogen) atoms. The number of aliphatic hydroxyl groups excluding tert-OH is 1. The van der Waals surface area contributed by atoms with Crippen molar-refractivity contribution >= 4 is 5.97 Å². The third-order valence-corrected chi connectivity index (χ3v) is 6.18. The van der Waals surface area contributed by atoms with Crippen LogP contribution in [0.25, 0.3) is 0 Å². The smallest absolute Gasteiger partial charge is 0.303 e. The number of aliphatic carboxylic acids is 1. The Kier molecular flexibility index (Phi) is 13.3. The van der Waals surface area contributed by atoms with E-state index >= 15 is 0 Å². The molecule has 0 spiro atoms. The average Bonchev–Trinajstić information content (AvgIpc) is 2.92. The van der Waals surface area contributed by atoms with Crippen LogP contribution in [0.5, 0.6) is 11.5 Å². The van der Waals surface area contributed by atoms with E-state index in [2.05, 4.69) is 11.8 Å². The molecular formula is C30H40FNO5. The lowest BCUT2D eigenvalue weighted by Gasteiger charge is -2.25. The number of para-hydroxylation sites is 1. The van der Waals surface area contributed by atoms with Gasteiger partial charge in [0.15, 0.2) is 11.5 Å². The molecule has 0 radical (unpaired) electrons. The van der Waals surface area contributed by atoms with Crippen LogP contribution in [0.3, 0.4) is 0 Å². The molecule has 0 amide bonds. The predicted octanol–water partition coefficient (Wildman–Crippen LogP) is 6.31. The van der Waals surface area contributed by atoms with Crippen LogP contribution in [-0.4, -0.2) is 48.4 Å². The van der Waals surface area contributed by atoms with E-state index in [1.54, 1.807) is 20.3 Å². The van der Waals surface area contributed by atoms with E-state index in [9.17, 15) is 14.3 Å². The minimum atomic E-state index is -0.787. The Hall–Kier alpha value is -3.32. The van der Waals surface area contributed by atoms with Gasteiger partial charge in [-0.3, -0.25) is 4.79 Å². The van der Waals surface area contributed by atoms with Gasteiger partial charge in [-0.1, -0.05) is 62.9 Å². The van der Waals surface area contributed by atoms with Gasteiger partial charge < -0.3 is 24.6 Å². The molecule has 1 atom stereocenters. The molecule has 1 aliphatic heterocycles. The topological polar surface area (TPSA) is 79.2 Å². The molecule has 1 unspecified atom stereocenters. The van der Waals surface area contributed by atoms with Gasteiger partial charge in [-0.25, -0.2) is 4.39 Å². The van der Waals surface area contributed by atoms with Crippen LogP contribution >= 0.6 is 0 Å². The molecule has 2 aromatic rings. The predicted molar refractivity (Wildman–Crippen MR) is 144 cm³/mol. The number of carbonyl (C=O) groups is 1. The number of hydrogen-bond acceptors (Lipinski definition) is 5. The normalized spacial score (nSPS) is 13.3. The first kappa shape index (κ1) is 29.9. The quantitative estimate of drug-likeness (QED) is 0.306. The van der Waals surface area contributed by atoms with Gasteiger partial charge in [-0.15, -0.1) is 0 Å². The summed E-state index contributed by atoms with van der Waals surface area (Å²) in [4.78, 5) is 12.2. The second-order valence-corrected chi connectivity index (χ2v) is 8.93. The highest BCUT2D eigenvalue weighted by atomic mass is 19.1. The largest absolute Gasteiger partial charge is 0.493 e. The third kappa shape index (κ3) is 10.3. The molecule has 0 saturated heterocycles. The summed E-state index contributed by atoms with van der Waals surface area (Å²) in [5.41, 5.74) is 2.59. The molecule has 6 nitrogen and oxygen atoms in total. The summed E-state index contributed by atoms with van der Waals surface area (Å²) >= 11 is 0. The zero-order valence-electron chi connectivity index (χ0n) is 22.2. The Bertz CT molecular complexity index is 1020. The SMILES string of the molecule is CCCCCCCC(=O)O.COc1cccc(C(O)C2=CCN(CCc3ccc(F)cc3)C=C2)c1OC. The molecule has 0 aromatic heterocycles. The second kappa shape index (κ2) is 16.4. The molecule has 1 heterocycles. The Morgan fingerprint density at radius 1 is 1.05 bits per heavy atom. The van der Waals surface area contributed by atoms with Crippen molar-refractivity contribution < 1.29 is 28.9 Å². The highest BCUT2D eigenvalue weighted by molar-refractivity contribution is 5.66. The number of carboxylic acid groups (broad SMARTS) is 1. The van der Waals surface area contributed by atoms with Gasteiger partial charge in [-0.05, 0) is 54.5 Å². The van der Waals surface area contributed by atoms with Crippen molar-refractivity contribution in [3.63, 3.8) is 0 Å². The molecular weight excluding hydrogens is 473 g/mol. The Morgan fingerprint density at radius 3 is 2.38 bits per heavy atom. The fourth-order valence-corrected chi connectivity index (χ4v) is 4.02. The molecule has 1 aliphatic rings. The lowest BCUT2D eigenvalue weighted by atomic mass is 9.98. The molecule has 2 aromatic carbocycles. The lowest BCUT2D eigenvalue weighted by molar-refractivity contribution is -0.137. The van der Waals surface area contributed by atoms with E-state index in [1.807, 2.05) is 42.6 Å². The fraction of sp³-hybridized carbons (Fsp3) is 0.433. The maximum Gasteiger partial charge on any atom is 0.303 e. The van der Waals surface area contributed by atoms with Gasteiger partial charge in [0.2, 0.25) is 0 Å². The van der Waals surface area contributed by atoms with Gasteiger partial charge in [0.25, 0.3) is 0 Å². The number of nitrogens with zero attached hydrogens (tertiary/aromatic N) is 1. The van der Waals surface area contributed by atoms with Crippen molar-refractivity contribution in [3.05, 3.63) is 83.3 Å². The molecule has 202 valence electrons. The number of carboxylic acids is 1. The number of ether oxygens (including phenoxy) is 2. The number of halogens is 1. The number of aliphatic hydroxyl groups is 1. The summed E-state index contributed by atoms with van der Waals surface area (Å²) in [6, 6.07) is 12.1. The first-order valence-corrected chi connectivity index (χ1v) is 12.9. The zero-order valence-corrected chi connectivity index (χ0v) is 22.2. The Labute approximate surface area is 220 Å². The van der Waals surface area contributed by atoms with E-state index < -0.39 is 12.1 Å². The van der Waals surface area contributed by atoms with Crippen LogP contribution in [-0.2, 0) is 11.2 Å². The minimum Gasteiger partial charge on any atom is -0.493 e. The number of benzene rings is 2. The van der Waals surface area contributed by atoms with Crippen molar-refractivity contribution in [3.8, 4) is 11.5 Å². The molecule has 0 saturated carbocycles. The van der Waals surface area contributed by atoms with Crippen LogP contribution in [0.2, 0.25) is 0 Å². The number of methoxy groups -OCH3 is 2. The van der Waals surface area contributed by atoms with Gasteiger partial charge >= 0.3 is 5.97 Å². The summed E-state index contributed by atoms with van der Waals surface area (Å²) < 4.78 is 23.7. The van der Waals surface area contributed by atoms with Crippen LogP contribution in [0.4, 0.5) is 4.39 Å². The summed E-state index contributed by atoms with van der Waals surface area (Å²) in [6.07, 6.45) is 11.8. The van der Waals surface area contributed by atoms with E-state index in [1.165, 1.54) is 31.4 Å². The van der Waals surface area contributed by atoms with Crippen LogP contribution < -0.4 is 9.47 Å². The minimum absolute atomic E-state index is 0.217. The summed E-state index contributed by atoms with van der Waals surface area (Å²) in [5, 5.41) is 19.1. The van der Waals surface area contributed by atoms with E-state index in [-0.39, 0.29) is 5.82 Å². The fourth-order valence-electron chi connectivity index (χ4n) is 4.02. The standard InChI is InChI=1S/C22H24FNO3.C8H16O2/c1-26-20-5-3-4-19(22(20)27-2)21(25)17-11-14-24(15-12-17)13-10-16-6-8-18(23)9-7-16;1-2-3-4-5-6-7-8(9)10/h3-9,11-12,14,21,25H,10,13,15H2,1-2H3;2-7H2,1H3,(H,9,10). The van der Waals surface area contributed by atoms with Crippen LogP contribution in [0, 0.1) is 5.82 Å². The van der Waals surface area contributed by atoms with Crippen LogP contribution in [0.1, 0.15) is 62.7 Å². The third-order valence-electron chi connectivity index (χ3n) is 6.18. The molecule has 7 heteroatoms. The molecule has 3 rings (SSSR count).